The quantitative estimate of drug-likeness (QED) is 0.563. The van der Waals surface area contributed by atoms with Gasteiger partial charge in [0.15, 0.2) is 0 Å². The van der Waals surface area contributed by atoms with Gasteiger partial charge in [-0.2, -0.15) is 0 Å². The minimum atomic E-state index is 0. The molecule has 2 heteroatoms. The van der Waals surface area contributed by atoms with Crippen molar-refractivity contribution in [2.45, 2.75) is 48.1 Å². The number of rotatable bonds is 0. The number of nitrogens with one attached hydrogen (secondary N) is 1. The highest BCUT2D eigenvalue weighted by molar-refractivity contribution is 7.37. The van der Waals surface area contributed by atoms with Gasteiger partial charge in [0.05, 0.1) is 0 Å². The molecular formula is C9H26NP. The Morgan fingerprint density at radius 2 is 1.73 bits per heavy atom. The third-order valence-corrected chi connectivity index (χ3v) is 2.65. The maximum Gasteiger partial charge on any atom is 0.0132 e. The van der Waals surface area contributed by atoms with E-state index < -0.39 is 0 Å². The first kappa shape index (κ1) is 17.5. The predicted octanol–water partition coefficient (Wildman–Crippen LogP) is 3.30. The second-order valence-electron chi connectivity index (χ2n) is 2.99. The second kappa shape index (κ2) is 7.06. The molecule has 0 radical (unpaired) electrons. The van der Waals surface area contributed by atoms with Gasteiger partial charge < -0.3 is 5.32 Å². The summed E-state index contributed by atoms with van der Waals surface area (Å²) in [5.41, 5.74) is 0.436. The fourth-order valence-electron chi connectivity index (χ4n) is 0.879. The molecule has 0 aliphatic carbocycles. The van der Waals surface area contributed by atoms with Crippen molar-refractivity contribution >= 4 is 8.58 Å². The van der Waals surface area contributed by atoms with E-state index in [1.807, 2.05) is 0 Å². The maximum atomic E-state index is 3.47. The number of hydrogen-bond acceptors (Lipinski definition) is 1. The summed E-state index contributed by atoms with van der Waals surface area (Å²) >= 11 is 0. The van der Waals surface area contributed by atoms with Crippen LogP contribution in [0.5, 0.6) is 0 Å². The van der Waals surface area contributed by atoms with E-state index in [0.717, 1.165) is 8.58 Å². The molecule has 0 spiro atoms. The first-order valence-corrected chi connectivity index (χ1v) is 4.58. The normalized spacial score (nSPS) is 22.4. The highest BCUT2D eigenvalue weighted by Crippen LogP contribution is 2.23. The van der Waals surface area contributed by atoms with E-state index in [1.165, 1.54) is 18.9 Å². The first-order valence-electron chi connectivity index (χ1n) is 3.16. The molecule has 1 aliphatic heterocycles. The van der Waals surface area contributed by atoms with Crippen molar-refractivity contribution in [1.82, 2.24) is 5.32 Å². The standard InChI is InChI=1S/C6H14NP.3CH4/c1-6(2)3-4-8-5-7-6;;;/h7-8H,3-5H2,1-2H3;3*1H4. The van der Waals surface area contributed by atoms with Crippen LogP contribution in [0.15, 0.2) is 0 Å². The third-order valence-electron chi connectivity index (χ3n) is 1.62. The zero-order valence-electron chi connectivity index (χ0n) is 5.62. The summed E-state index contributed by atoms with van der Waals surface area (Å²) in [7, 11) is 1.16. The van der Waals surface area contributed by atoms with Gasteiger partial charge in [-0.25, -0.2) is 0 Å². The lowest BCUT2D eigenvalue weighted by molar-refractivity contribution is 0.395. The lowest BCUT2D eigenvalue weighted by atomic mass is 10.0. The Morgan fingerprint density at radius 3 is 1.91 bits per heavy atom. The SMILES string of the molecule is C.C.C.CC1(C)CCPCN1. The van der Waals surface area contributed by atoms with Gasteiger partial charge in [0.1, 0.15) is 0 Å². The van der Waals surface area contributed by atoms with Crippen LogP contribution in [-0.2, 0) is 0 Å². The molecular weight excluding hydrogens is 153 g/mol. The van der Waals surface area contributed by atoms with Crippen LogP contribution in [0, 0.1) is 0 Å². The average molecular weight is 179 g/mol. The van der Waals surface area contributed by atoms with Gasteiger partial charge in [-0.3, -0.25) is 0 Å². The van der Waals surface area contributed by atoms with Crippen LogP contribution in [0.4, 0.5) is 0 Å². The minimum Gasteiger partial charge on any atom is -0.308 e. The Kier molecular flexibility index (Phi) is 11.2. The van der Waals surface area contributed by atoms with Crippen molar-refractivity contribution in [3.63, 3.8) is 0 Å². The van der Waals surface area contributed by atoms with Crippen LogP contribution in [-0.4, -0.2) is 18.0 Å². The zero-order chi connectivity index (χ0) is 6.04. The van der Waals surface area contributed by atoms with Crippen LogP contribution in [0.25, 0.3) is 0 Å². The highest BCUT2D eigenvalue weighted by atomic mass is 31.1. The summed E-state index contributed by atoms with van der Waals surface area (Å²) in [6, 6.07) is 0. The molecule has 1 rings (SSSR count). The molecule has 11 heavy (non-hydrogen) atoms. The summed E-state index contributed by atoms with van der Waals surface area (Å²) in [5.74, 6) is 0. The van der Waals surface area contributed by atoms with E-state index >= 15 is 0 Å². The summed E-state index contributed by atoms with van der Waals surface area (Å²) < 4.78 is 0. The van der Waals surface area contributed by atoms with Gasteiger partial charge in [0, 0.05) is 11.8 Å². The van der Waals surface area contributed by atoms with Crippen LogP contribution in [0.2, 0.25) is 0 Å². The molecule has 1 nitrogen and oxygen atoms in total. The van der Waals surface area contributed by atoms with E-state index in [0.29, 0.717) is 5.54 Å². The molecule has 0 saturated carbocycles. The molecule has 1 N–H and O–H groups in total. The third kappa shape index (κ3) is 6.77. The van der Waals surface area contributed by atoms with Crippen molar-refractivity contribution in [1.29, 1.82) is 0 Å². The van der Waals surface area contributed by atoms with Crippen molar-refractivity contribution in [3.05, 3.63) is 0 Å². The fraction of sp³-hybridized carbons (Fsp3) is 1.00. The van der Waals surface area contributed by atoms with Gasteiger partial charge >= 0.3 is 0 Å². The van der Waals surface area contributed by atoms with Gasteiger partial charge in [0.2, 0.25) is 0 Å². The molecule has 0 bridgehead atoms. The Bertz CT molecular complexity index is 73.6. The molecule has 1 saturated heterocycles. The largest absolute Gasteiger partial charge is 0.308 e. The Balaban J connectivity index is -0.000000213. The molecule has 1 fully saturated rings. The van der Waals surface area contributed by atoms with Crippen molar-refractivity contribution in [2.75, 3.05) is 12.4 Å². The lowest BCUT2D eigenvalue weighted by Crippen LogP contribution is -2.41. The topological polar surface area (TPSA) is 12.0 Å². The summed E-state index contributed by atoms with van der Waals surface area (Å²) in [6.45, 7) is 4.55. The van der Waals surface area contributed by atoms with Crippen molar-refractivity contribution in [3.8, 4) is 0 Å². The molecule has 1 unspecified atom stereocenters. The van der Waals surface area contributed by atoms with Crippen LogP contribution < -0.4 is 5.32 Å². The molecule has 1 heterocycles. The summed E-state index contributed by atoms with van der Waals surface area (Å²) in [6.07, 6.45) is 4.03. The molecule has 1 atom stereocenters. The monoisotopic (exact) mass is 179 g/mol. The summed E-state index contributed by atoms with van der Waals surface area (Å²) in [4.78, 5) is 0. The summed E-state index contributed by atoms with van der Waals surface area (Å²) in [5, 5.41) is 3.47. The minimum absolute atomic E-state index is 0. The van der Waals surface area contributed by atoms with E-state index in [4.69, 9.17) is 0 Å². The zero-order valence-corrected chi connectivity index (χ0v) is 6.62. The maximum absolute atomic E-state index is 3.47. The second-order valence-corrected chi connectivity index (χ2v) is 4.34. The highest BCUT2D eigenvalue weighted by Gasteiger charge is 2.18. The molecule has 72 valence electrons. The molecule has 0 aromatic carbocycles. The molecule has 0 amide bonds. The van der Waals surface area contributed by atoms with Gasteiger partial charge in [-0.05, 0) is 26.4 Å². The van der Waals surface area contributed by atoms with E-state index in [-0.39, 0.29) is 22.3 Å². The lowest BCUT2D eigenvalue weighted by Gasteiger charge is -2.30. The van der Waals surface area contributed by atoms with Crippen LogP contribution in [0.1, 0.15) is 42.5 Å². The first-order chi connectivity index (χ1) is 3.71. The van der Waals surface area contributed by atoms with Crippen molar-refractivity contribution < 1.29 is 0 Å². The number of hydrogen-bond donors (Lipinski definition) is 1. The Labute approximate surface area is 75.1 Å². The van der Waals surface area contributed by atoms with Gasteiger partial charge in [0.25, 0.3) is 0 Å². The predicted molar refractivity (Wildman–Crippen MR) is 60.1 cm³/mol. The van der Waals surface area contributed by atoms with Gasteiger partial charge in [-0.1, -0.05) is 22.3 Å². The van der Waals surface area contributed by atoms with E-state index in [2.05, 4.69) is 19.2 Å². The fourth-order valence-corrected chi connectivity index (χ4v) is 2.46. The Morgan fingerprint density at radius 1 is 1.18 bits per heavy atom. The molecule has 0 aromatic heterocycles. The Hall–Kier alpha value is 0.390. The van der Waals surface area contributed by atoms with Crippen LogP contribution >= 0.6 is 8.58 Å². The molecule has 0 aromatic rings. The van der Waals surface area contributed by atoms with E-state index in [9.17, 15) is 0 Å². The van der Waals surface area contributed by atoms with E-state index in [1.54, 1.807) is 0 Å². The average Bonchev–Trinajstić information content (AvgIpc) is 1.65. The van der Waals surface area contributed by atoms with Crippen molar-refractivity contribution in [2.24, 2.45) is 0 Å². The van der Waals surface area contributed by atoms with Crippen LogP contribution in [0.3, 0.4) is 0 Å². The smallest absolute Gasteiger partial charge is 0.0132 e. The molecule has 1 aliphatic rings. The van der Waals surface area contributed by atoms with Gasteiger partial charge in [-0.15, -0.1) is 8.58 Å².